The summed E-state index contributed by atoms with van der Waals surface area (Å²) in [5.41, 5.74) is 0.412. The van der Waals surface area contributed by atoms with Crippen molar-refractivity contribution in [3.05, 3.63) is 34.9 Å². The fourth-order valence-corrected chi connectivity index (χ4v) is 1.29. The van der Waals surface area contributed by atoms with Gasteiger partial charge in [-0.3, -0.25) is 4.79 Å². The Hall–Kier alpha value is -1.59. The first-order valence-corrected chi connectivity index (χ1v) is 5.21. The number of hydrogen-bond acceptors (Lipinski definition) is 3. The molecule has 2 N–H and O–H groups in total. The first-order chi connectivity index (χ1) is 8.04. The van der Waals surface area contributed by atoms with Gasteiger partial charge in [0.1, 0.15) is 0 Å². The molecule has 0 aliphatic heterocycles. The molecule has 0 fully saturated rings. The van der Waals surface area contributed by atoms with Crippen molar-refractivity contribution < 1.29 is 19.4 Å². The number of methoxy groups -OCH3 is 1. The van der Waals surface area contributed by atoms with E-state index in [4.69, 9.17) is 16.7 Å². The van der Waals surface area contributed by atoms with Gasteiger partial charge in [-0.1, -0.05) is 11.6 Å². The van der Waals surface area contributed by atoms with Crippen molar-refractivity contribution in [1.82, 2.24) is 5.32 Å². The van der Waals surface area contributed by atoms with E-state index in [0.29, 0.717) is 10.6 Å². The number of nitrogens with one attached hydrogen (secondary N) is 1. The zero-order valence-electron chi connectivity index (χ0n) is 9.14. The van der Waals surface area contributed by atoms with Crippen molar-refractivity contribution in [3.63, 3.8) is 0 Å². The molecular weight excluding hydrogens is 246 g/mol. The third-order valence-corrected chi connectivity index (χ3v) is 2.37. The van der Waals surface area contributed by atoms with Crippen LogP contribution in [-0.4, -0.2) is 36.7 Å². The van der Waals surface area contributed by atoms with E-state index >= 15 is 0 Å². The molecular formula is C11H12ClNO4. The smallest absolute Gasteiger partial charge is 0.334 e. The lowest BCUT2D eigenvalue weighted by atomic mass is 10.2. The quantitative estimate of drug-likeness (QED) is 0.830. The number of carboxylic acid groups (broad SMARTS) is 1. The molecule has 0 heterocycles. The number of ether oxygens (including phenoxy) is 1. The van der Waals surface area contributed by atoms with E-state index in [1.54, 1.807) is 24.3 Å². The van der Waals surface area contributed by atoms with Crippen LogP contribution in [0.4, 0.5) is 0 Å². The average molecular weight is 258 g/mol. The second-order valence-corrected chi connectivity index (χ2v) is 3.72. The summed E-state index contributed by atoms with van der Waals surface area (Å²) in [6.45, 7) is -0.0900. The minimum absolute atomic E-state index is 0.0900. The number of halogens is 1. The van der Waals surface area contributed by atoms with Gasteiger partial charge in [-0.2, -0.15) is 0 Å². The van der Waals surface area contributed by atoms with Crippen LogP contribution >= 0.6 is 11.6 Å². The Bertz CT molecular complexity index is 404. The van der Waals surface area contributed by atoms with E-state index in [1.807, 2.05) is 0 Å². The summed E-state index contributed by atoms with van der Waals surface area (Å²) in [7, 11) is 1.27. The van der Waals surface area contributed by atoms with Gasteiger partial charge in [0, 0.05) is 17.7 Å². The number of amides is 1. The largest absolute Gasteiger partial charge is 0.479 e. The minimum Gasteiger partial charge on any atom is -0.479 e. The lowest BCUT2D eigenvalue weighted by Crippen LogP contribution is -2.37. The Morgan fingerprint density at radius 1 is 1.41 bits per heavy atom. The molecule has 1 aromatic carbocycles. The SMILES string of the molecule is COC(CNC(=O)c1ccc(Cl)cc1)C(=O)O. The summed E-state index contributed by atoms with van der Waals surface area (Å²) in [5, 5.41) is 11.7. The third-order valence-electron chi connectivity index (χ3n) is 2.11. The summed E-state index contributed by atoms with van der Waals surface area (Å²) in [6.07, 6.45) is -1.05. The van der Waals surface area contributed by atoms with Gasteiger partial charge in [0.05, 0.1) is 6.54 Å². The zero-order chi connectivity index (χ0) is 12.8. The Morgan fingerprint density at radius 2 is 2.00 bits per heavy atom. The minimum atomic E-state index is -1.12. The van der Waals surface area contributed by atoms with Gasteiger partial charge < -0.3 is 15.2 Å². The maximum Gasteiger partial charge on any atom is 0.334 e. The summed E-state index contributed by atoms with van der Waals surface area (Å²) in [6, 6.07) is 6.28. The van der Waals surface area contributed by atoms with E-state index in [9.17, 15) is 9.59 Å². The normalized spacial score (nSPS) is 11.9. The van der Waals surface area contributed by atoms with Crippen LogP contribution in [0.2, 0.25) is 5.02 Å². The fraction of sp³-hybridized carbons (Fsp3) is 0.273. The van der Waals surface area contributed by atoms with Crippen LogP contribution in [-0.2, 0) is 9.53 Å². The van der Waals surface area contributed by atoms with Crippen molar-refractivity contribution in [2.24, 2.45) is 0 Å². The molecule has 5 nitrogen and oxygen atoms in total. The number of benzene rings is 1. The first-order valence-electron chi connectivity index (χ1n) is 4.84. The van der Waals surface area contributed by atoms with Crippen LogP contribution in [0, 0.1) is 0 Å². The molecule has 1 aromatic rings. The molecule has 17 heavy (non-hydrogen) atoms. The van der Waals surface area contributed by atoms with Crippen molar-refractivity contribution in [2.45, 2.75) is 6.10 Å². The Balaban J connectivity index is 2.55. The van der Waals surface area contributed by atoms with Crippen molar-refractivity contribution in [3.8, 4) is 0 Å². The lowest BCUT2D eigenvalue weighted by Gasteiger charge is -2.11. The van der Waals surface area contributed by atoms with Gasteiger partial charge in [-0.05, 0) is 24.3 Å². The highest BCUT2D eigenvalue weighted by molar-refractivity contribution is 6.30. The van der Waals surface area contributed by atoms with Gasteiger partial charge in [-0.15, -0.1) is 0 Å². The van der Waals surface area contributed by atoms with E-state index in [1.165, 1.54) is 7.11 Å². The lowest BCUT2D eigenvalue weighted by molar-refractivity contribution is -0.148. The topological polar surface area (TPSA) is 75.6 Å². The van der Waals surface area contributed by atoms with Gasteiger partial charge in [0.2, 0.25) is 0 Å². The maximum absolute atomic E-state index is 11.6. The summed E-state index contributed by atoms with van der Waals surface area (Å²) in [5.74, 6) is -1.49. The van der Waals surface area contributed by atoms with Gasteiger partial charge in [-0.25, -0.2) is 4.79 Å². The predicted octanol–water partition coefficient (Wildman–Crippen LogP) is 1.17. The molecule has 0 spiro atoms. The van der Waals surface area contributed by atoms with Crippen LogP contribution in [0.5, 0.6) is 0 Å². The standard InChI is InChI=1S/C11H12ClNO4/c1-17-9(11(15)16)6-13-10(14)7-2-4-8(12)5-3-7/h2-5,9H,6H2,1H3,(H,13,14)(H,15,16). The summed E-state index contributed by atoms with van der Waals surface area (Å²) < 4.78 is 4.68. The molecule has 1 amide bonds. The van der Waals surface area contributed by atoms with Crippen molar-refractivity contribution >= 4 is 23.5 Å². The summed E-state index contributed by atoms with van der Waals surface area (Å²) in [4.78, 5) is 22.2. The molecule has 6 heteroatoms. The zero-order valence-corrected chi connectivity index (χ0v) is 9.90. The molecule has 1 rings (SSSR count). The van der Waals surface area contributed by atoms with Crippen LogP contribution < -0.4 is 5.32 Å². The molecule has 0 aliphatic carbocycles. The number of aliphatic carboxylic acids is 1. The molecule has 0 bridgehead atoms. The van der Waals surface area contributed by atoms with Crippen LogP contribution in [0.1, 0.15) is 10.4 Å². The monoisotopic (exact) mass is 257 g/mol. The Morgan fingerprint density at radius 3 is 2.47 bits per heavy atom. The molecule has 0 aromatic heterocycles. The Kier molecular flexibility index (Phi) is 4.93. The van der Waals surface area contributed by atoms with E-state index in [-0.39, 0.29) is 12.5 Å². The fourth-order valence-electron chi connectivity index (χ4n) is 1.16. The number of carboxylic acids is 1. The van der Waals surface area contributed by atoms with Gasteiger partial charge in [0.25, 0.3) is 5.91 Å². The van der Waals surface area contributed by atoms with Crippen LogP contribution in [0.3, 0.4) is 0 Å². The third kappa shape index (κ3) is 4.05. The molecule has 0 saturated heterocycles. The summed E-state index contributed by atoms with van der Waals surface area (Å²) >= 11 is 5.68. The van der Waals surface area contributed by atoms with E-state index in [0.717, 1.165) is 0 Å². The first kappa shape index (κ1) is 13.5. The molecule has 0 saturated carbocycles. The van der Waals surface area contributed by atoms with Crippen molar-refractivity contribution in [1.29, 1.82) is 0 Å². The highest BCUT2D eigenvalue weighted by Gasteiger charge is 2.17. The van der Waals surface area contributed by atoms with E-state index in [2.05, 4.69) is 10.1 Å². The van der Waals surface area contributed by atoms with E-state index < -0.39 is 12.1 Å². The average Bonchev–Trinajstić information content (AvgIpc) is 2.30. The highest BCUT2D eigenvalue weighted by Crippen LogP contribution is 2.09. The number of carbonyl (C=O) groups is 2. The molecule has 1 atom stereocenters. The molecule has 0 aliphatic rings. The predicted molar refractivity (Wildman–Crippen MR) is 62.2 cm³/mol. The number of carbonyl (C=O) groups excluding carboxylic acids is 1. The molecule has 1 unspecified atom stereocenters. The number of hydrogen-bond donors (Lipinski definition) is 2. The van der Waals surface area contributed by atoms with Crippen molar-refractivity contribution in [2.75, 3.05) is 13.7 Å². The second kappa shape index (κ2) is 6.22. The maximum atomic E-state index is 11.6. The highest BCUT2D eigenvalue weighted by atomic mass is 35.5. The van der Waals surface area contributed by atoms with Gasteiger partial charge in [0.15, 0.2) is 6.10 Å². The number of rotatable bonds is 5. The molecule has 92 valence electrons. The second-order valence-electron chi connectivity index (χ2n) is 3.28. The van der Waals surface area contributed by atoms with Crippen LogP contribution in [0.15, 0.2) is 24.3 Å². The van der Waals surface area contributed by atoms with Gasteiger partial charge >= 0.3 is 5.97 Å². The Labute approximate surface area is 103 Å². The van der Waals surface area contributed by atoms with Crippen LogP contribution in [0.25, 0.3) is 0 Å². The molecule has 0 radical (unpaired) electrons.